The number of alkyl halides is 6. The number of aryl methyl sites for hydroxylation is 2. The Bertz CT molecular complexity index is 453. The molecule has 0 aromatic heterocycles. The Morgan fingerprint density at radius 3 is 1.55 bits per heavy atom. The van der Waals surface area contributed by atoms with E-state index in [0.29, 0.717) is 0 Å². The van der Waals surface area contributed by atoms with Crippen molar-refractivity contribution >= 4 is 0 Å². The molecule has 0 saturated carbocycles. The molecule has 1 atom stereocenters. The molecule has 8 heteroatoms. The second kappa shape index (κ2) is 5.23. The molecule has 0 aliphatic rings. The lowest BCUT2D eigenvalue weighted by atomic mass is 9.87. The third-order valence-corrected chi connectivity index (χ3v) is 2.96. The summed E-state index contributed by atoms with van der Waals surface area (Å²) in [5, 5.41) is 0. The van der Waals surface area contributed by atoms with Crippen LogP contribution in [0.25, 0.3) is 0 Å². The molecule has 20 heavy (non-hydrogen) atoms. The van der Waals surface area contributed by atoms with Crippen molar-refractivity contribution in [1.82, 2.24) is 0 Å². The molecule has 0 saturated heterocycles. The highest BCUT2D eigenvalue weighted by Gasteiger charge is 2.60. The highest BCUT2D eigenvalue weighted by molar-refractivity contribution is 5.37. The van der Waals surface area contributed by atoms with E-state index < -0.39 is 30.1 Å². The monoisotopic (exact) mass is 303 g/mol. The van der Waals surface area contributed by atoms with Gasteiger partial charge in [-0.1, -0.05) is 0 Å². The molecule has 114 valence electrons. The van der Waals surface area contributed by atoms with E-state index in [9.17, 15) is 30.7 Å². The summed E-state index contributed by atoms with van der Waals surface area (Å²) >= 11 is 0. The molecule has 1 nitrogen and oxygen atoms in total. The van der Waals surface area contributed by atoms with Crippen molar-refractivity contribution in [2.24, 2.45) is 11.7 Å². The molecule has 0 aliphatic heterocycles. The van der Waals surface area contributed by atoms with E-state index in [1.165, 1.54) is 13.8 Å². The Hall–Kier alpha value is -1.31. The van der Waals surface area contributed by atoms with Gasteiger partial charge < -0.3 is 5.73 Å². The fraction of sp³-hybridized carbons (Fsp3) is 0.500. The van der Waals surface area contributed by atoms with Crippen LogP contribution < -0.4 is 5.73 Å². The fourth-order valence-electron chi connectivity index (χ4n) is 2.21. The van der Waals surface area contributed by atoms with Gasteiger partial charge in [0.15, 0.2) is 5.92 Å². The van der Waals surface area contributed by atoms with Crippen LogP contribution in [0.15, 0.2) is 12.1 Å². The third kappa shape index (κ3) is 3.41. The summed E-state index contributed by atoms with van der Waals surface area (Å²) in [7, 11) is 0. The van der Waals surface area contributed by atoms with Crippen molar-refractivity contribution in [3.63, 3.8) is 0 Å². The van der Waals surface area contributed by atoms with Gasteiger partial charge in [-0.05, 0) is 42.7 Å². The molecule has 0 fully saturated rings. The maximum atomic E-state index is 13.1. The van der Waals surface area contributed by atoms with Crippen molar-refractivity contribution < 1.29 is 30.7 Å². The smallest absolute Gasteiger partial charge is 0.323 e. The molecular formula is C12H12F7N. The number of hydrogen-bond acceptors (Lipinski definition) is 1. The lowest BCUT2D eigenvalue weighted by molar-refractivity contribution is -0.290. The summed E-state index contributed by atoms with van der Waals surface area (Å²) in [5.41, 5.74) is 4.76. The highest BCUT2D eigenvalue weighted by atomic mass is 19.4. The molecule has 1 aromatic carbocycles. The van der Waals surface area contributed by atoms with Gasteiger partial charge in [0, 0.05) is 0 Å². The molecule has 1 rings (SSSR count). The van der Waals surface area contributed by atoms with Crippen molar-refractivity contribution in [3.8, 4) is 0 Å². The van der Waals surface area contributed by atoms with E-state index in [-0.39, 0.29) is 16.7 Å². The van der Waals surface area contributed by atoms with E-state index in [2.05, 4.69) is 0 Å². The van der Waals surface area contributed by atoms with Gasteiger partial charge in [-0.2, -0.15) is 26.3 Å². The summed E-state index contributed by atoms with van der Waals surface area (Å²) in [4.78, 5) is 0. The summed E-state index contributed by atoms with van der Waals surface area (Å²) < 4.78 is 88.8. The van der Waals surface area contributed by atoms with E-state index in [1.807, 2.05) is 0 Å². The lowest BCUT2D eigenvalue weighted by Gasteiger charge is -2.30. The molecule has 0 radical (unpaired) electrons. The predicted molar refractivity (Wildman–Crippen MR) is 58.4 cm³/mol. The number of rotatable bonds is 2. The van der Waals surface area contributed by atoms with Crippen molar-refractivity contribution in [1.29, 1.82) is 0 Å². The van der Waals surface area contributed by atoms with Gasteiger partial charge in [0.2, 0.25) is 0 Å². The van der Waals surface area contributed by atoms with Crippen LogP contribution in [0.1, 0.15) is 22.7 Å². The van der Waals surface area contributed by atoms with E-state index in [1.54, 1.807) is 0 Å². The summed E-state index contributed by atoms with van der Waals surface area (Å²) in [5.74, 6) is -4.44. The molecule has 0 spiro atoms. The van der Waals surface area contributed by atoms with Crippen molar-refractivity contribution in [3.05, 3.63) is 34.6 Å². The third-order valence-electron chi connectivity index (χ3n) is 2.96. The summed E-state index contributed by atoms with van der Waals surface area (Å²) in [6.07, 6.45) is -11.1. The number of hydrogen-bond donors (Lipinski definition) is 1. The van der Waals surface area contributed by atoms with Crippen molar-refractivity contribution in [2.75, 3.05) is 0 Å². The van der Waals surface area contributed by atoms with Crippen LogP contribution in [-0.4, -0.2) is 12.4 Å². The second-order valence-electron chi connectivity index (χ2n) is 4.54. The Kier molecular flexibility index (Phi) is 4.38. The van der Waals surface area contributed by atoms with Crippen LogP contribution in [0, 0.1) is 25.6 Å². The van der Waals surface area contributed by atoms with Gasteiger partial charge in [-0.3, -0.25) is 0 Å². The minimum Gasteiger partial charge on any atom is -0.323 e. The molecular weight excluding hydrogens is 291 g/mol. The topological polar surface area (TPSA) is 26.0 Å². The predicted octanol–water partition coefficient (Wildman–Crippen LogP) is 4.18. The Morgan fingerprint density at radius 2 is 1.25 bits per heavy atom. The minimum atomic E-state index is -5.54. The molecule has 0 bridgehead atoms. The van der Waals surface area contributed by atoms with Crippen LogP contribution in [0.5, 0.6) is 0 Å². The number of nitrogens with two attached hydrogens (primary N) is 1. The van der Waals surface area contributed by atoms with Crippen LogP contribution in [0.3, 0.4) is 0 Å². The maximum Gasteiger partial charge on any atom is 0.402 e. The van der Waals surface area contributed by atoms with Gasteiger partial charge in [0.05, 0.1) is 6.04 Å². The molecule has 1 aromatic rings. The Balaban J connectivity index is 3.38. The summed E-state index contributed by atoms with van der Waals surface area (Å²) in [6, 6.07) is -0.631. The molecule has 1 unspecified atom stereocenters. The first kappa shape index (κ1) is 16.7. The van der Waals surface area contributed by atoms with Gasteiger partial charge >= 0.3 is 12.4 Å². The Morgan fingerprint density at radius 1 is 0.900 bits per heavy atom. The average Bonchev–Trinajstić information content (AvgIpc) is 2.09. The average molecular weight is 303 g/mol. The van der Waals surface area contributed by atoms with Gasteiger partial charge in [-0.15, -0.1) is 0 Å². The standard InChI is InChI=1S/C12H12F7N/c1-5-3-7(13)4-6(2)8(5)9(20)10(11(14,15)16)12(17,18)19/h3-4,9-10H,20H2,1-2H3. The lowest BCUT2D eigenvalue weighted by Crippen LogP contribution is -2.44. The normalized spacial score (nSPS) is 14.8. The fourth-order valence-corrected chi connectivity index (χ4v) is 2.21. The van der Waals surface area contributed by atoms with Gasteiger partial charge in [0.1, 0.15) is 5.82 Å². The summed E-state index contributed by atoms with van der Waals surface area (Å²) in [6.45, 7) is 2.43. The van der Waals surface area contributed by atoms with Gasteiger partial charge in [-0.25, -0.2) is 4.39 Å². The second-order valence-corrected chi connectivity index (χ2v) is 4.54. The van der Waals surface area contributed by atoms with E-state index >= 15 is 0 Å². The molecule has 0 heterocycles. The first-order valence-electron chi connectivity index (χ1n) is 5.51. The largest absolute Gasteiger partial charge is 0.402 e. The minimum absolute atomic E-state index is 0.0477. The highest BCUT2D eigenvalue weighted by Crippen LogP contribution is 2.46. The zero-order chi connectivity index (χ0) is 15.9. The SMILES string of the molecule is Cc1cc(F)cc(C)c1C(N)C(C(F)(F)F)C(F)(F)F. The first-order chi connectivity index (χ1) is 8.85. The number of halogens is 7. The molecule has 0 amide bonds. The quantitative estimate of drug-likeness (QED) is 0.815. The van der Waals surface area contributed by atoms with Crippen LogP contribution in [0.4, 0.5) is 30.7 Å². The van der Waals surface area contributed by atoms with Crippen LogP contribution in [-0.2, 0) is 0 Å². The number of benzene rings is 1. The van der Waals surface area contributed by atoms with E-state index in [0.717, 1.165) is 12.1 Å². The van der Waals surface area contributed by atoms with Gasteiger partial charge in [0.25, 0.3) is 0 Å². The maximum absolute atomic E-state index is 13.1. The zero-order valence-electron chi connectivity index (χ0n) is 10.5. The zero-order valence-corrected chi connectivity index (χ0v) is 10.5. The Labute approximate surface area is 110 Å². The van der Waals surface area contributed by atoms with Crippen LogP contribution >= 0.6 is 0 Å². The molecule has 0 aliphatic carbocycles. The van der Waals surface area contributed by atoms with Crippen molar-refractivity contribution in [2.45, 2.75) is 32.2 Å². The molecule has 2 N–H and O–H groups in total. The van der Waals surface area contributed by atoms with E-state index in [4.69, 9.17) is 5.73 Å². The first-order valence-corrected chi connectivity index (χ1v) is 5.51. The van der Waals surface area contributed by atoms with Crippen LogP contribution in [0.2, 0.25) is 0 Å².